The second-order valence-corrected chi connectivity index (χ2v) is 8.06. The van der Waals surface area contributed by atoms with E-state index in [2.05, 4.69) is 12.2 Å². The van der Waals surface area contributed by atoms with E-state index >= 15 is 0 Å². The van der Waals surface area contributed by atoms with Crippen LogP contribution in [0.5, 0.6) is 0 Å². The molecule has 1 amide bonds. The van der Waals surface area contributed by atoms with E-state index in [1.807, 2.05) is 0 Å². The van der Waals surface area contributed by atoms with Crippen LogP contribution in [0.1, 0.15) is 123 Å². The first-order valence-electron chi connectivity index (χ1n) is 11.6. The molecule has 0 heterocycles. The number of nitrogens with one attached hydrogen (secondary N) is 1. The van der Waals surface area contributed by atoms with Crippen molar-refractivity contribution in [2.75, 3.05) is 6.54 Å². The lowest BCUT2D eigenvalue weighted by atomic mass is 10.0. The van der Waals surface area contributed by atoms with Crippen LogP contribution in [0.4, 0.5) is 0 Å². The molecule has 0 aromatic heterocycles. The topological polar surface area (TPSA) is 72.2 Å². The number of hydrogen-bond acceptors (Lipinski definition) is 3. The summed E-state index contributed by atoms with van der Waals surface area (Å²) in [5, 5.41) is 2.96. The lowest BCUT2D eigenvalue weighted by molar-refractivity contribution is -0.121. The molecule has 4 heteroatoms. The molecular weight excluding hydrogens is 336 g/mol. The second kappa shape index (κ2) is 19.9. The van der Waals surface area contributed by atoms with E-state index in [-0.39, 0.29) is 17.7 Å². The number of carbonyl (C=O) groups excluding carboxylic acids is 2. The third-order valence-electron chi connectivity index (χ3n) is 5.29. The van der Waals surface area contributed by atoms with Gasteiger partial charge in [0.25, 0.3) is 0 Å². The fourth-order valence-corrected chi connectivity index (χ4v) is 3.31. The summed E-state index contributed by atoms with van der Waals surface area (Å²) in [4.78, 5) is 22.8. The van der Waals surface area contributed by atoms with Crippen molar-refractivity contribution in [2.24, 2.45) is 5.73 Å². The maximum Gasteiger partial charge on any atom is 0.219 e. The fourth-order valence-electron chi connectivity index (χ4n) is 3.31. The molecule has 3 N–H and O–H groups in total. The van der Waals surface area contributed by atoms with Crippen LogP contribution < -0.4 is 11.1 Å². The van der Waals surface area contributed by atoms with E-state index in [1.165, 1.54) is 77.6 Å². The molecule has 0 aromatic carbocycles. The standard InChI is InChI=1S/C23H46N2O2/c1-3-4-5-6-7-8-9-10-11-12-13-14-15-19-23(27)25-20-17-16-18-22(24)21(2)26/h22H,3-20,24H2,1-2H3,(H,25,27). The molecule has 0 aliphatic rings. The van der Waals surface area contributed by atoms with Gasteiger partial charge >= 0.3 is 0 Å². The highest BCUT2D eigenvalue weighted by Crippen LogP contribution is 2.12. The van der Waals surface area contributed by atoms with Crippen LogP contribution in [0.2, 0.25) is 0 Å². The number of Topliss-reactive ketones (excluding diaryl/α,β-unsaturated/α-hetero) is 1. The van der Waals surface area contributed by atoms with Crippen LogP contribution in [0.3, 0.4) is 0 Å². The van der Waals surface area contributed by atoms with Gasteiger partial charge in [-0.05, 0) is 32.6 Å². The Morgan fingerprint density at radius 2 is 1.22 bits per heavy atom. The summed E-state index contributed by atoms with van der Waals surface area (Å²) in [7, 11) is 0. The molecule has 0 radical (unpaired) electrons. The predicted molar refractivity (Wildman–Crippen MR) is 116 cm³/mol. The molecule has 0 aliphatic carbocycles. The van der Waals surface area contributed by atoms with Crippen molar-refractivity contribution >= 4 is 11.7 Å². The second-order valence-electron chi connectivity index (χ2n) is 8.06. The quantitative estimate of drug-likeness (QED) is 0.266. The highest BCUT2D eigenvalue weighted by atomic mass is 16.1. The van der Waals surface area contributed by atoms with Gasteiger partial charge in [0.1, 0.15) is 5.78 Å². The van der Waals surface area contributed by atoms with Crippen LogP contribution in [0.25, 0.3) is 0 Å². The van der Waals surface area contributed by atoms with Crippen molar-refractivity contribution in [3.8, 4) is 0 Å². The largest absolute Gasteiger partial charge is 0.356 e. The zero-order valence-electron chi connectivity index (χ0n) is 18.2. The molecule has 0 rings (SSSR count). The molecule has 0 aliphatic heterocycles. The minimum atomic E-state index is -0.341. The van der Waals surface area contributed by atoms with Crippen molar-refractivity contribution in [3.05, 3.63) is 0 Å². The maximum atomic E-state index is 11.8. The van der Waals surface area contributed by atoms with Gasteiger partial charge in [-0.15, -0.1) is 0 Å². The highest BCUT2D eigenvalue weighted by molar-refractivity contribution is 5.81. The minimum absolute atomic E-state index is 0.0430. The Labute approximate surface area is 168 Å². The normalized spacial score (nSPS) is 12.1. The Hall–Kier alpha value is -0.900. The monoisotopic (exact) mass is 382 g/mol. The zero-order valence-corrected chi connectivity index (χ0v) is 18.2. The molecule has 0 fully saturated rings. The van der Waals surface area contributed by atoms with Gasteiger partial charge in [-0.25, -0.2) is 0 Å². The first-order chi connectivity index (χ1) is 13.1. The van der Waals surface area contributed by atoms with E-state index in [1.54, 1.807) is 0 Å². The Balaban J connectivity index is 3.22. The van der Waals surface area contributed by atoms with Gasteiger partial charge < -0.3 is 11.1 Å². The summed E-state index contributed by atoms with van der Waals surface area (Å²) in [5.41, 5.74) is 5.68. The van der Waals surface area contributed by atoms with Gasteiger partial charge in [-0.2, -0.15) is 0 Å². The minimum Gasteiger partial charge on any atom is -0.356 e. The van der Waals surface area contributed by atoms with Gasteiger partial charge in [0, 0.05) is 13.0 Å². The molecule has 0 aromatic rings. The van der Waals surface area contributed by atoms with Gasteiger partial charge in [0.05, 0.1) is 6.04 Å². The van der Waals surface area contributed by atoms with Crippen LogP contribution in [0, 0.1) is 0 Å². The Kier molecular flexibility index (Phi) is 19.2. The average molecular weight is 383 g/mol. The van der Waals surface area contributed by atoms with Crippen LogP contribution in [-0.4, -0.2) is 24.3 Å². The van der Waals surface area contributed by atoms with Gasteiger partial charge in [0.2, 0.25) is 5.91 Å². The number of hydrogen-bond donors (Lipinski definition) is 2. The Morgan fingerprint density at radius 3 is 1.70 bits per heavy atom. The van der Waals surface area contributed by atoms with E-state index in [0.717, 1.165) is 25.7 Å². The van der Waals surface area contributed by atoms with E-state index in [9.17, 15) is 9.59 Å². The van der Waals surface area contributed by atoms with E-state index in [4.69, 9.17) is 5.73 Å². The molecule has 0 saturated carbocycles. The Bertz CT molecular complexity index is 358. The molecular formula is C23H46N2O2. The lowest BCUT2D eigenvalue weighted by Gasteiger charge is -2.08. The molecule has 0 spiro atoms. The van der Waals surface area contributed by atoms with Gasteiger partial charge in [0.15, 0.2) is 0 Å². The van der Waals surface area contributed by atoms with Crippen molar-refractivity contribution < 1.29 is 9.59 Å². The highest BCUT2D eigenvalue weighted by Gasteiger charge is 2.07. The van der Waals surface area contributed by atoms with Gasteiger partial charge in [-0.3, -0.25) is 9.59 Å². The summed E-state index contributed by atoms with van der Waals surface area (Å²) in [5.74, 6) is 0.204. The Morgan fingerprint density at radius 1 is 0.741 bits per heavy atom. The van der Waals surface area contributed by atoms with E-state index in [0.29, 0.717) is 19.4 Å². The summed E-state index contributed by atoms with van der Waals surface area (Å²) in [6, 6.07) is -0.341. The molecule has 1 unspecified atom stereocenters. The smallest absolute Gasteiger partial charge is 0.219 e. The number of unbranched alkanes of at least 4 members (excludes halogenated alkanes) is 13. The van der Waals surface area contributed by atoms with Crippen molar-refractivity contribution in [1.82, 2.24) is 5.32 Å². The molecule has 0 saturated heterocycles. The summed E-state index contributed by atoms with van der Waals surface area (Å²) >= 11 is 0. The van der Waals surface area contributed by atoms with Crippen LogP contribution in [0.15, 0.2) is 0 Å². The van der Waals surface area contributed by atoms with Crippen LogP contribution >= 0.6 is 0 Å². The van der Waals surface area contributed by atoms with Gasteiger partial charge in [-0.1, -0.05) is 84.0 Å². The molecule has 160 valence electrons. The van der Waals surface area contributed by atoms with Crippen molar-refractivity contribution in [3.63, 3.8) is 0 Å². The molecule has 0 bridgehead atoms. The molecule has 4 nitrogen and oxygen atoms in total. The first-order valence-corrected chi connectivity index (χ1v) is 11.6. The summed E-state index contributed by atoms with van der Waals surface area (Å²) in [6.07, 6.45) is 20.4. The number of rotatable bonds is 20. The summed E-state index contributed by atoms with van der Waals surface area (Å²) < 4.78 is 0. The van der Waals surface area contributed by atoms with Crippen molar-refractivity contribution in [2.45, 2.75) is 129 Å². The average Bonchev–Trinajstić information content (AvgIpc) is 2.64. The van der Waals surface area contributed by atoms with E-state index < -0.39 is 0 Å². The zero-order chi connectivity index (χ0) is 20.2. The SMILES string of the molecule is CCCCCCCCCCCCCCCC(=O)NCCCCC(N)C(C)=O. The maximum absolute atomic E-state index is 11.8. The predicted octanol–water partition coefficient (Wildman–Crippen LogP) is 5.67. The molecule has 1 atom stereocenters. The van der Waals surface area contributed by atoms with Crippen molar-refractivity contribution in [1.29, 1.82) is 0 Å². The van der Waals surface area contributed by atoms with Crippen LogP contribution in [-0.2, 0) is 9.59 Å². The number of amides is 1. The third kappa shape index (κ3) is 19.7. The summed E-state index contributed by atoms with van der Waals surface area (Å²) in [6.45, 7) is 4.49. The first kappa shape index (κ1) is 26.1. The number of ketones is 1. The third-order valence-corrected chi connectivity index (χ3v) is 5.29. The number of nitrogens with two attached hydrogens (primary N) is 1. The lowest BCUT2D eigenvalue weighted by Crippen LogP contribution is -2.28. The fraction of sp³-hybridized carbons (Fsp3) is 0.913. The number of carbonyl (C=O) groups is 2. The molecule has 27 heavy (non-hydrogen) atoms.